The van der Waals surface area contributed by atoms with Gasteiger partial charge in [0.05, 0.1) is 6.10 Å². The molecule has 1 aromatic heterocycles. The maximum Gasteiger partial charge on any atom is 0.0690 e. The number of hydrogen-bond acceptors (Lipinski definition) is 3. The van der Waals surface area contributed by atoms with Crippen molar-refractivity contribution in [3.05, 3.63) is 29.6 Å². The molecule has 0 aliphatic heterocycles. The van der Waals surface area contributed by atoms with Gasteiger partial charge in [-0.15, -0.1) is 0 Å². The summed E-state index contributed by atoms with van der Waals surface area (Å²) in [5.74, 6) is 0.350. The van der Waals surface area contributed by atoms with Crippen molar-refractivity contribution in [2.24, 2.45) is 5.92 Å². The first kappa shape index (κ1) is 13.1. The van der Waals surface area contributed by atoms with Gasteiger partial charge in [-0.2, -0.15) is 0 Å². The lowest BCUT2D eigenvalue weighted by atomic mass is 10.0. The zero-order valence-electron chi connectivity index (χ0n) is 10.4. The summed E-state index contributed by atoms with van der Waals surface area (Å²) in [6.07, 6.45) is 2.55. The summed E-state index contributed by atoms with van der Waals surface area (Å²) in [6, 6.07) is 4.00. The Morgan fingerprint density at radius 2 is 2.25 bits per heavy atom. The molecular formula is C13H22N2O. The summed E-state index contributed by atoms with van der Waals surface area (Å²) in [5, 5.41) is 13.1. The van der Waals surface area contributed by atoms with Crippen molar-refractivity contribution in [2.75, 3.05) is 6.54 Å². The van der Waals surface area contributed by atoms with Crippen LogP contribution in [0, 0.1) is 12.8 Å². The van der Waals surface area contributed by atoms with Gasteiger partial charge < -0.3 is 10.4 Å². The molecule has 3 nitrogen and oxygen atoms in total. The van der Waals surface area contributed by atoms with E-state index >= 15 is 0 Å². The van der Waals surface area contributed by atoms with Crippen molar-refractivity contribution >= 4 is 0 Å². The van der Waals surface area contributed by atoms with Crippen LogP contribution in [0.2, 0.25) is 0 Å². The molecule has 90 valence electrons. The van der Waals surface area contributed by atoms with Crippen molar-refractivity contribution < 1.29 is 5.11 Å². The Morgan fingerprint density at radius 1 is 1.50 bits per heavy atom. The van der Waals surface area contributed by atoms with Crippen LogP contribution in [0.5, 0.6) is 0 Å². The molecule has 0 aromatic carbocycles. The number of aromatic nitrogens is 1. The molecule has 0 saturated heterocycles. The van der Waals surface area contributed by atoms with Crippen LogP contribution >= 0.6 is 0 Å². The highest BCUT2D eigenvalue weighted by atomic mass is 16.3. The predicted octanol–water partition coefficient (Wildman–Crippen LogP) is 1.89. The zero-order chi connectivity index (χ0) is 12.0. The van der Waals surface area contributed by atoms with Crippen molar-refractivity contribution in [1.82, 2.24) is 10.3 Å². The molecule has 0 fully saturated rings. The van der Waals surface area contributed by atoms with Gasteiger partial charge in [0.2, 0.25) is 0 Å². The second-order valence-electron chi connectivity index (χ2n) is 4.33. The van der Waals surface area contributed by atoms with Gasteiger partial charge >= 0.3 is 0 Å². The highest BCUT2D eigenvalue weighted by Crippen LogP contribution is 2.07. The van der Waals surface area contributed by atoms with Crippen LogP contribution in [0.4, 0.5) is 0 Å². The summed E-state index contributed by atoms with van der Waals surface area (Å²) < 4.78 is 0. The minimum atomic E-state index is -0.262. The number of aliphatic hydroxyl groups is 1. The van der Waals surface area contributed by atoms with E-state index in [2.05, 4.69) is 30.2 Å². The van der Waals surface area contributed by atoms with Crippen molar-refractivity contribution in [3.8, 4) is 0 Å². The van der Waals surface area contributed by atoms with Crippen LogP contribution in [0.15, 0.2) is 18.3 Å². The molecule has 1 aromatic rings. The van der Waals surface area contributed by atoms with Crippen LogP contribution in [-0.2, 0) is 6.54 Å². The number of aryl methyl sites for hydroxylation is 1. The third kappa shape index (κ3) is 3.91. The number of nitrogens with one attached hydrogen (secondary N) is 1. The number of nitrogens with zero attached hydrogens (tertiary/aromatic N) is 1. The van der Waals surface area contributed by atoms with Gasteiger partial charge in [0.1, 0.15) is 0 Å². The lowest BCUT2D eigenvalue weighted by molar-refractivity contribution is 0.113. The average molecular weight is 222 g/mol. The molecule has 0 aliphatic rings. The smallest absolute Gasteiger partial charge is 0.0690 e. The standard InChI is InChI=1S/C13H22N2O/c1-4-10(2)13(16)9-14-8-12-6-5-7-15-11(12)3/h5-7,10,13-14,16H,4,8-9H2,1-3H3. The van der Waals surface area contributed by atoms with Gasteiger partial charge in [0.25, 0.3) is 0 Å². The normalized spacial score (nSPS) is 14.8. The lowest BCUT2D eigenvalue weighted by Gasteiger charge is -2.17. The number of hydrogen-bond donors (Lipinski definition) is 2. The van der Waals surface area contributed by atoms with E-state index in [1.807, 2.05) is 13.0 Å². The predicted molar refractivity (Wildman–Crippen MR) is 66.1 cm³/mol. The van der Waals surface area contributed by atoms with Gasteiger partial charge in [0.15, 0.2) is 0 Å². The highest BCUT2D eigenvalue weighted by molar-refractivity contribution is 5.17. The summed E-state index contributed by atoms with van der Waals surface area (Å²) in [7, 11) is 0. The van der Waals surface area contributed by atoms with E-state index in [0.717, 1.165) is 18.7 Å². The molecular weight excluding hydrogens is 200 g/mol. The second kappa shape index (κ2) is 6.61. The van der Waals surface area contributed by atoms with E-state index in [-0.39, 0.29) is 6.10 Å². The summed E-state index contributed by atoms with van der Waals surface area (Å²) in [6.45, 7) is 7.58. The molecule has 1 rings (SSSR count). The topological polar surface area (TPSA) is 45.1 Å². The van der Waals surface area contributed by atoms with Gasteiger partial charge in [-0.25, -0.2) is 0 Å². The molecule has 0 spiro atoms. The van der Waals surface area contributed by atoms with Crippen LogP contribution in [0.3, 0.4) is 0 Å². The van der Waals surface area contributed by atoms with E-state index in [9.17, 15) is 5.11 Å². The van der Waals surface area contributed by atoms with E-state index in [0.29, 0.717) is 12.5 Å². The minimum absolute atomic E-state index is 0.262. The Hall–Kier alpha value is -0.930. The van der Waals surface area contributed by atoms with E-state index in [4.69, 9.17) is 0 Å². The van der Waals surface area contributed by atoms with Gasteiger partial charge in [0, 0.05) is 25.0 Å². The molecule has 2 atom stereocenters. The lowest BCUT2D eigenvalue weighted by Crippen LogP contribution is -2.31. The SMILES string of the molecule is CCC(C)C(O)CNCc1cccnc1C. The van der Waals surface area contributed by atoms with E-state index in [1.54, 1.807) is 6.20 Å². The molecule has 0 saturated carbocycles. The maximum absolute atomic E-state index is 9.79. The van der Waals surface area contributed by atoms with Gasteiger partial charge in [-0.05, 0) is 24.5 Å². The van der Waals surface area contributed by atoms with E-state index in [1.165, 1.54) is 5.56 Å². The van der Waals surface area contributed by atoms with Crippen LogP contribution in [0.25, 0.3) is 0 Å². The van der Waals surface area contributed by atoms with Crippen molar-refractivity contribution in [3.63, 3.8) is 0 Å². The molecule has 0 bridgehead atoms. The Morgan fingerprint density at radius 3 is 2.88 bits per heavy atom. The van der Waals surface area contributed by atoms with Gasteiger partial charge in [-0.3, -0.25) is 4.98 Å². The first-order chi connectivity index (χ1) is 7.65. The van der Waals surface area contributed by atoms with Gasteiger partial charge in [-0.1, -0.05) is 26.3 Å². The minimum Gasteiger partial charge on any atom is -0.392 e. The molecule has 0 aliphatic carbocycles. The molecule has 3 heteroatoms. The van der Waals surface area contributed by atoms with Crippen LogP contribution < -0.4 is 5.32 Å². The Kier molecular flexibility index (Phi) is 5.43. The zero-order valence-corrected chi connectivity index (χ0v) is 10.4. The summed E-state index contributed by atoms with van der Waals surface area (Å²) in [4.78, 5) is 4.23. The summed E-state index contributed by atoms with van der Waals surface area (Å²) in [5.41, 5.74) is 2.24. The quantitative estimate of drug-likeness (QED) is 0.772. The van der Waals surface area contributed by atoms with Crippen molar-refractivity contribution in [2.45, 2.75) is 39.8 Å². The van der Waals surface area contributed by atoms with Crippen LogP contribution in [-0.4, -0.2) is 22.7 Å². The molecule has 1 heterocycles. The highest BCUT2D eigenvalue weighted by Gasteiger charge is 2.11. The third-order valence-electron chi connectivity index (χ3n) is 3.09. The number of aliphatic hydroxyl groups excluding tert-OH is 1. The number of rotatable bonds is 6. The van der Waals surface area contributed by atoms with Crippen LogP contribution in [0.1, 0.15) is 31.5 Å². The third-order valence-corrected chi connectivity index (χ3v) is 3.09. The largest absolute Gasteiger partial charge is 0.392 e. The Balaban J connectivity index is 2.33. The molecule has 0 amide bonds. The Labute approximate surface area is 97.9 Å². The molecule has 2 unspecified atom stereocenters. The average Bonchev–Trinajstić information content (AvgIpc) is 2.30. The monoisotopic (exact) mass is 222 g/mol. The summed E-state index contributed by atoms with van der Waals surface area (Å²) >= 11 is 0. The first-order valence-corrected chi connectivity index (χ1v) is 5.94. The maximum atomic E-state index is 9.79. The fourth-order valence-electron chi connectivity index (χ4n) is 1.53. The van der Waals surface area contributed by atoms with E-state index < -0.39 is 0 Å². The molecule has 16 heavy (non-hydrogen) atoms. The Bertz CT molecular complexity index is 315. The fourth-order valence-corrected chi connectivity index (χ4v) is 1.53. The fraction of sp³-hybridized carbons (Fsp3) is 0.615. The second-order valence-corrected chi connectivity index (χ2v) is 4.33. The number of pyridine rings is 1. The van der Waals surface area contributed by atoms with Crippen molar-refractivity contribution in [1.29, 1.82) is 0 Å². The molecule has 0 radical (unpaired) electrons. The molecule has 2 N–H and O–H groups in total. The first-order valence-electron chi connectivity index (χ1n) is 5.94.